The lowest BCUT2D eigenvalue weighted by atomic mass is 10.1. The van der Waals surface area contributed by atoms with E-state index in [0.717, 1.165) is 37.8 Å². The lowest BCUT2D eigenvalue weighted by molar-refractivity contribution is 0.0948. The van der Waals surface area contributed by atoms with Crippen LogP contribution in [0.4, 0.5) is 0 Å². The van der Waals surface area contributed by atoms with Gasteiger partial charge in [0.05, 0.1) is 12.7 Å². The second kappa shape index (κ2) is 7.99. The molecule has 1 atom stereocenters. The van der Waals surface area contributed by atoms with Gasteiger partial charge in [0.2, 0.25) is 0 Å². The summed E-state index contributed by atoms with van der Waals surface area (Å²) in [5, 5.41) is 10.8. The van der Waals surface area contributed by atoms with Gasteiger partial charge in [-0.15, -0.1) is 0 Å². The predicted octanol–water partition coefficient (Wildman–Crippen LogP) is 3.12. The van der Waals surface area contributed by atoms with Crippen molar-refractivity contribution in [2.24, 2.45) is 5.92 Å². The van der Waals surface area contributed by atoms with Crippen LogP contribution in [0.3, 0.4) is 0 Å². The van der Waals surface area contributed by atoms with Gasteiger partial charge in [-0.2, -0.15) is 0 Å². The van der Waals surface area contributed by atoms with Crippen LogP contribution in [0, 0.1) is 5.92 Å². The summed E-state index contributed by atoms with van der Waals surface area (Å²) < 4.78 is 5.61. The summed E-state index contributed by atoms with van der Waals surface area (Å²) in [4.78, 5) is 2.20. The quantitative estimate of drug-likeness (QED) is 0.711. The average Bonchev–Trinajstić information content (AvgIpc) is 3.25. The third-order valence-electron chi connectivity index (χ3n) is 3.69. The molecule has 1 saturated carbocycles. The zero-order chi connectivity index (χ0) is 14.4. The highest BCUT2D eigenvalue weighted by atomic mass is 35.5. The van der Waals surface area contributed by atoms with Gasteiger partial charge in [0.1, 0.15) is 0 Å². The van der Waals surface area contributed by atoms with Gasteiger partial charge in [-0.1, -0.05) is 23.7 Å². The molecule has 0 heterocycles. The van der Waals surface area contributed by atoms with Gasteiger partial charge in [-0.05, 0) is 49.9 Å². The Hall–Kier alpha value is -0.610. The lowest BCUT2D eigenvalue weighted by Gasteiger charge is -2.19. The maximum atomic E-state index is 10.1. The van der Waals surface area contributed by atoms with Crippen molar-refractivity contribution in [3.63, 3.8) is 0 Å². The summed E-state index contributed by atoms with van der Waals surface area (Å²) in [6, 6.07) is 7.43. The second-order valence-electron chi connectivity index (χ2n) is 5.68. The number of hydrogen-bond acceptors (Lipinski definition) is 3. The first kappa shape index (κ1) is 15.8. The third kappa shape index (κ3) is 5.80. The molecule has 0 bridgehead atoms. The van der Waals surface area contributed by atoms with Gasteiger partial charge in [0.25, 0.3) is 0 Å². The van der Waals surface area contributed by atoms with Crippen molar-refractivity contribution in [3.8, 4) is 0 Å². The Kier molecular flexibility index (Phi) is 6.30. The van der Waals surface area contributed by atoms with E-state index < -0.39 is 6.10 Å². The fourth-order valence-corrected chi connectivity index (χ4v) is 2.29. The molecule has 20 heavy (non-hydrogen) atoms. The number of likely N-dealkylation sites (N-methyl/N-ethyl adjacent to an activating group) is 1. The molecule has 0 aromatic heterocycles. The molecule has 112 valence electrons. The van der Waals surface area contributed by atoms with Crippen LogP contribution in [-0.4, -0.2) is 43.4 Å². The van der Waals surface area contributed by atoms with Crippen molar-refractivity contribution in [2.45, 2.75) is 25.4 Å². The fraction of sp³-hybridized carbons (Fsp3) is 0.625. The Balaban J connectivity index is 1.60. The average molecular weight is 298 g/mol. The van der Waals surface area contributed by atoms with Crippen molar-refractivity contribution in [1.29, 1.82) is 0 Å². The molecule has 1 aromatic rings. The summed E-state index contributed by atoms with van der Waals surface area (Å²) in [7, 11) is 2.06. The summed E-state index contributed by atoms with van der Waals surface area (Å²) in [6.45, 7) is 3.45. The van der Waals surface area contributed by atoms with E-state index in [0.29, 0.717) is 11.4 Å². The van der Waals surface area contributed by atoms with Crippen LogP contribution in [0.5, 0.6) is 0 Å². The minimum Gasteiger partial charge on any atom is -0.388 e. The smallest absolute Gasteiger partial charge is 0.0802 e. The predicted molar refractivity (Wildman–Crippen MR) is 82.1 cm³/mol. The van der Waals surface area contributed by atoms with E-state index >= 15 is 0 Å². The molecule has 2 rings (SSSR count). The Morgan fingerprint density at radius 3 is 2.90 bits per heavy atom. The van der Waals surface area contributed by atoms with Crippen molar-refractivity contribution in [2.75, 3.05) is 33.4 Å². The van der Waals surface area contributed by atoms with E-state index in [1.165, 1.54) is 12.8 Å². The standard InChI is InChI=1S/C16H24ClNO2/c1-18(9-10-20-12-13-5-6-13)8-7-16(19)14-3-2-4-15(17)11-14/h2-4,11,13,16,19H,5-10,12H2,1H3. The van der Waals surface area contributed by atoms with E-state index in [1.54, 1.807) is 0 Å². The van der Waals surface area contributed by atoms with Gasteiger partial charge in [0.15, 0.2) is 0 Å². The number of hydrogen-bond donors (Lipinski definition) is 1. The highest BCUT2D eigenvalue weighted by Gasteiger charge is 2.20. The van der Waals surface area contributed by atoms with Crippen molar-refractivity contribution in [3.05, 3.63) is 34.9 Å². The first-order valence-electron chi connectivity index (χ1n) is 7.35. The largest absolute Gasteiger partial charge is 0.388 e. The maximum Gasteiger partial charge on any atom is 0.0802 e. The van der Waals surface area contributed by atoms with E-state index in [4.69, 9.17) is 16.3 Å². The minimum absolute atomic E-state index is 0.455. The van der Waals surface area contributed by atoms with Crippen LogP contribution in [0.2, 0.25) is 5.02 Å². The molecule has 1 aliphatic rings. The van der Waals surface area contributed by atoms with Crippen molar-refractivity contribution in [1.82, 2.24) is 4.90 Å². The van der Waals surface area contributed by atoms with Crippen LogP contribution in [0.25, 0.3) is 0 Å². The number of halogens is 1. The number of nitrogens with zero attached hydrogens (tertiary/aromatic N) is 1. The third-order valence-corrected chi connectivity index (χ3v) is 3.92. The first-order valence-corrected chi connectivity index (χ1v) is 7.73. The fourth-order valence-electron chi connectivity index (χ4n) is 2.09. The van der Waals surface area contributed by atoms with E-state index in [-0.39, 0.29) is 0 Å². The molecule has 1 fully saturated rings. The van der Waals surface area contributed by atoms with Crippen LogP contribution in [-0.2, 0) is 4.74 Å². The monoisotopic (exact) mass is 297 g/mol. The summed E-state index contributed by atoms with van der Waals surface area (Å²) in [5.41, 5.74) is 0.885. The Labute approximate surface area is 126 Å². The summed E-state index contributed by atoms with van der Waals surface area (Å²) in [6.07, 6.45) is 2.92. The van der Waals surface area contributed by atoms with Crippen LogP contribution in [0.1, 0.15) is 30.9 Å². The van der Waals surface area contributed by atoms with Gasteiger partial charge >= 0.3 is 0 Å². The minimum atomic E-state index is -0.455. The van der Waals surface area contributed by atoms with E-state index in [9.17, 15) is 5.11 Å². The first-order chi connectivity index (χ1) is 9.65. The summed E-state index contributed by atoms with van der Waals surface area (Å²) >= 11 is 5.93. The highest BCUT2D eigenvalue weighted by Crippen LogP contribution is 2.28. The maximum absolute atomic E-state index is 10.1. The highest BCUT2D eigenvalue weighted by molar-refractivity contribution is 6.30. The molecule has 0 radical (unpaired) electrons. The topological polar surface area (TPSA) is 32.7 Å². The van der Waals surface area contributed by atoms with E-state index in [1.807, 2.05) is 24.3 Å². The molecule has 0 spiro atoms. The van der Waals surface area contributed by atoms with Gasteiger partial charge in [-0.25, -0.2) is 0 Å². The summed E-state index contributed by atoms with van der Waals surface area (Å²) in [5.74, 6) is 0.824. The molecule has 0 aliphatic heterocycles. The molecule has 1 aromatic carbocycles. The SMILES string of the molecule is CN(CCOCC1CC1)CCC(O)c1cccc(Cl)c1. The Morgan fingerprint density at radius 1 is 1.40 bits per heavy atom. The zero-order valence-electron chi connectivity index (χ0n) is 12.1. The molecule has 1 unspecified atom stereocenters. The number of rotatable bonds is 9. The lowest BCUT2D eigenvalue weighted by Crippen LogP contribution is -2.25. The molecule has 1 aliphatic carbocycles. The molecular formula is C16H24ClNO2. The molecular weight excluding hydrogens is 274 g/mol. The Morgan fingerprint density at radius 2 is 2.20 bits per heavy atom. The molecule has 0 saturated heterocycles. The van der Waals surface area contributed by atoms with Crippen LogP contribution >= 0.6 is 11.6 Å². The van der Waals surface area contributed by atoms with Crippen LogP contribution < -0.4 is 0 Å². The van der Waals surface area contributed by atoms with Gasteiger partial charge < -0.3 is 14.7 Å². The number of aliphatic hydroxyl groups excluding tert-OH is 1. The number of ether oxygens (including phenoxy) is 1. The van der Waals surface area contributed by atoms with Gasteiger partial charge in [-0.3, -0.25) is 0 Å². The second-order valence-corrected chi connectivity index (χ2v) is 6.12. The number of aliphatic hydroxyl groups is 1. The van der Waals surface area contributed by atoms with Crippen LogP contribution in [0.15, 0.2) is 24.3 Å². The molecule has 0 amide bonds. The zero-order valence-corrected chi connectivity index (χ0v) is 12.9. The number of benzene rings is 1. The molecule has 1 N–H and O–H groups in total. The normalized spacial score (nSPS) is 16.6. The Bertz CT molecular complexity index is 409. The van der Waals surface area contributed by atoms with Crippen molar-refractivity contribution < 1.29 is 9.84 Å². The molecule has 4 heteroatoms. The van der Waals surface area contributed by atoms with Crippen molar-refractivity contribution >= 4 is 11.6 Å². The molecule has 3 nitrogen and oxygen atoms in total. The van der Waals surface area contributed by atoms with E-state index in [2.05, 4.69) is 11.9 Å². The van der Waals surface area contributed by atoms with Gasteiger partial charge in [0, 0.05) is 24.7 Å².